The highest BCUT2D eigenvalue weighted by atomic mass is 35.5. The van der Waals surface area contributed by atoms with Crippen molar-refractivity contribution in [2.45, 2.75) is 65.1 Å². The van der Waals surface area contributed by atoms with Gasteiger partial charge in [0.1, 0.15) is 11.8 Å². The Kier molecular flexibility index (Phi) is 12.2. The van der Waals surface area contributed by atoms with Crippen LogP contribution in [0.1, 0.15) is 52.0 Å². The van der Waals surface area contributed by atoms with Crippen LogP contribution in [0, 0.1) is 0 Å². The van der Waals surface area contributed by atoms with E-state index in [0.29, 0.717) is 33.5 Å². The lowest BCUT2D eigenvalue weighted by Crippen LogP contribution is -2.50. The fourth-order valence-corrected chi connectivity index (χ4v) is 5.45. The number of hydrogen-bond acceptors (Lipinski definition) is 5. The van der Waals surface area contributed by atoms with Gasteiger partial charge >= 0.3 is 0 Å². The molecular weight excluding hydrogens is 549 g/mol. The topological polar surface area (TPSA) is 96.0 Å². The molecule has 0 spiro atoms. The molecule has 0 bridgehead atoms. The van der Waals surface area contributed by atoms with E-state index in [9.17, 15) is 18.0 Å². The van der Waals surface area contributed by atoms with Crippen molar-refractivity contribution in [3.63, 3.8) is 0 Å². The van der Waals surface area contributed by atoms with Crippen LogP contribution < -0.4 is 14.4 Å². The van der Waals surface area contributed by atoms with Gasteiger partial charge in [-0.3, -0.25) is 13.9 Å². The standard InChI is InChI=1S/C27H37Cl2N3O5S/c1-6-19(3)30-27(34)23(7-2)31(18-20-14-15-21(28)17-22(20)29)26(33)13-10-16-32(38(5,35)36)24-11-8-9-12-25(24)37-4/h8-9,11-12,14-15,17,19,23H,6-7,10,13,16,18H2,1-5H3,(H,30,34)/t19-,23+/m0/s1. The number of para-hydroxylation sites is 2. The summed E-state index contributed by atoms with van der Waals surface area (Å²) in [6.07, 6.45) is 2.53. The highest BCUT2D eigenvalue weighted by molar-refractivity contribution is 7.92. The molecule has 0 saturated heterocycles. The number of benzene rings is 2. The number of nitrogens with one attached hydrogen (secondary N) is 1. The quantitative estimate of drug-likeness (QED) is 0.326. The molecule has 0 aliphatic heterocycles. The Hall–Kier alpha value is -2.49. The number of hydrogen-bond donors (Lipinski definition) is 1. The second-order valence-electron chi connectivity index (χ2n) is 9.11. The Morgan fingerprint density at radius 3 is 2.34 bits per heavy atom. The maximum Gasteiger partial charge on any atom is 0.243 e. The average Bonchev–Trinajstić information content (AvgIpc) is 2.86. The minimum absolute atomic E-state index is 0.0273. The van der Waals surface area contributed by atoms with E-state index in [1.54, 1.807) is 42.5 Å². The Bertz CT molecular complexity index is 1210. The zero-order valence-electron chi connectivity index (χ0n) is 22.5. The van der Waals surface area contributed by atoms with Crippen LogP contribution in [0.5, 0.6) is 5.75 Å². The normalized spacial score (nSPS) is 12.9. The van der Waals surface area contributed by atoms with E-state index in [4.69, 9.17) is 27.9 Å². The van der Waals surface area contributed by atoms with Crippen LogP contribution >= 0.6 is 23.2 Å². The van der Waals surface area contributed by atoms with Crippen molar-refractivity contribution < 1.29 is 22.7 Å². The number of sulfonamides is 1. The highest BCUT2D eigenvalue weighted by Gasteiger charge is 2.30. The first-order valence-electron chi connectivity index (χ1n) is 12.6. The summed E-state index contributed by atoms with van der Waals surface area (Å²) in [5, 5.41) is 3.83. The molecule has 0 aliphatic rings. The van der Waals surface area contributed by atoms with Gasteiger partial charge in [-0.2, -0.15) is 0 Å². The molecule has 210 valence electrons. The summed E-state index contributed by atoms with van der Waals surface area (Å²) in [7, 11) is -2.17. The van der Waals surface area contributed by atoms with Gasteiger partial charge < -0.3 is 15.0 Å². The van der Waals surface area contributed by atoms with E-state index in [1.165, 1.54) is 16.3 Å². The summed E-state index contributed by atoms with van der Waals surface area (Å²) in [6, 6.07) is 11.1. The van der Waals surface area contributed by atoms with E-state index in [2.05, 4.69) is 5.32 Å². The predicted molar refractivity (Wildman–Crippen MR) is 153 cm³/mol. The van der Waals surface area contributed by atoms with Crippen molar-refractivity contribution in [3.8, 4) is 5.75 Å². The van der Waals surface area contributed by atoms with Gasteiger partial charge in [0.2, 0.25) is 21.8 Å². The van der Waals surface area contributed by atoms with Crippen LogP contribution in [0.15, 0.2) is 42.5 Å². The van der Waals surface area contributed by atoms with Crippen LogP contribution in [0.25, 0.3) is 0 Å². The summed E-state index contributed by atoms with van der Waals surface area (Å²) in [5.41, 5.74) is 1.06. The van der Waals surface area contributed by atoms with Crippen molar-refractivity contribution in [1.82, 2.24) is 10.2 Å². The lowest BCUT2D eigenvalue weighted by atomic mass is 10.1. The number of halogens is 2. The van der Waals surface area contributed by atoms with E-state index in [-0.39, 0.29) is 43.8 Å². The molecule has 2 rings (SSSR count). The summed E-state index contributed by atoms with van der Waals surface area (Å²) in [5.74, 6) is -0.112. The molecule has 1 N–H and O–H groups in total. The first-order chi connectivity index (χ1) is 17.9. The zero-order valence-corrected chi connectivity index (χ0v) is 24.9. The molecule has 2 amide bonds. The van der Waals surface area contributed by atoms with Crippen molar-refractivity contribution in [2.24, 2.45) is 0 Å². The van der Waals surface area contributed by atoms with Gasteiger partial charge in [0.05, 0.1) is 19.1 Å². The second kappa shape index (κ2) is 14.6. The molecule has 38 heavy (non-hydrogen) atoms. The molecule has 0 fully saturated rings. The first-order valence-corrected chi connectivity index (χ1v) is 15.2. The lowest BCUT2D eigenvalue weighted by molar-refractivity contribution is -0.141. The number of ether oxygens (including phenoxy) is 1. The number of rotatable bonds is 14. The van der Waals surface area contributed by atoms with Crippen LogP contribution in [0.3, 0.4) is 0 Å². The van der Waals surface area contributed by atoms with E-state index >= 15 is 0 Å². The lowest BCUT2D eigenvalue weighted by Gasteiger charge is -2.32. The maximum absolute atomic E-state index is 13.6. The summed E-state index contributed by atoms with van der Waals surface area (Å²) in [4.78, 5) is 28.2. The maximum atomic E-state index is 13.6. The number of anilines is 1. The molecule has 0 aliphatic carbocycles. The van der Waals surface area contributed by atoms with E-state index < -0.39 is 16.1 Å². The van der Waals surface area contributed by atoms with Crippen molar-refractivity contribution in [1.29, 1.82) is 0 Å². The van der Waals surface area contributed by atoms with Gasteiger partial charge in [-0.25, -0.2) is 8.42 Å². The van der Waals surface area contributed by atoms with Crippen LogP contribution in [0.4, 0.5) is 5.69 Å². The fraction of sp³-hybridized carbons (Fsp3) is 0.481. The number of nitrogens with zero attached hydrogens (tertiary/aromatic N) is 2. The number of methoxy groups -OCH3 is 1. The molecular formula is C27H37Cl2N3O5S. The Morgan fingerprint density at radius 2 is 1.76 bits per heavy atom. The summed E-state index contributed by atoms with van der Waals surface area (Å²) < 4.78 is 31.7. The molecule has 2 atom stereocenters. The molecule has 2 aromatic rings. The van der Waals surface area contributed by atoms with Gasteiger partial charge in [0, 0.05) is 35.6 Å². The SMILES string of the molecule is CC[C@H](C(=O)N[C@@H](C)CC)N(Cc1ccc(Cl)cc1Cl)C(=O)CCCN(c1ccccc1OC)S(C)(=O)=O. The zero-order chi connectivity index (χ0) is 28.5. The Morgan fingerprint density at radius 1 is 1.08 bits per heavy atom. The van der Waals surface area contributed by atoms with Gasteiger partial charge in [-0.05, 0) is 56.0 Å². The third kappa shape index (κ3) is 8.78. The third-order valence-electron chi connectivity index (χ3n) is 6.25. The second-order valence-corrected chi connectivity index (χ2v) is 11.9. The molecule has 0 saturated carbocycles. The fourth-order valence-electron chi connectivity index (χ4n) is 4.01. The largest absolute Gasteiger partial charge is 0.495 e. The van der Waals surface area contributed by atoms with Crippen molar-refractivity contribution in [2.75, 3.05) is 24.2 Å². The number of carbonyl (C=O) groups is 2. The summed E-state index contributed by atoms with van der Waals surface area (Å²) >= 11 is 12.4. The van der Waals surface area contributed by atoms with Gasteiger partial charge in [-0.15, -0.1) is 0 Å². The smallest absolute Gasteiger partial charge is 0.243 e. The highest BCUT2D eigenvalue weighted by Crippen LogP contribution is 2.30. The van der Waals surface area contributed by atoms with Gasteiger partial charge in [0.15, 0.2) is 0 Å². The third-order valence-corrected chi connectivity index (χ3v) is 8.02. The van der Waals surface area contributed by atoms with Crippen molar-refractivity contribution in [3.05, 3.63) is 58.1 Å². The minimum Gasteiger partial charge on any atom is -0.495 e. The van der Waals surface area contributed by atoms with Crippen LogP contribution in [-0.2, 0) is 26.2 Å². The molecule has 0 radical (unpaired) electrons. The molecule has 0 unspecified atom stereocenters. The Balaban J connectivity index is 2.29. The first kappa shape index (κ1) is 31.7. The van der Waals surface area contributed by atoms with E-state index in [0.717, 1.165) is 12.7 Å². The Labute approximate surface area is 236 Å². The predicted octanol–water partition coefficient (Wildman–Crippen LogP) is 5.27. The minimum atomic E-state index is -3.64. The van der Waals surface area contributed by atoms with Crippen LogP contribution in [-0.4, -0.2) is 57.1 Å². The van der Waals surface area contributed by atoms with Gasteiger partial charge in [0.25, 0.3) is 0 Å². The molecule has 0 heterocycles. The molecule has 8 nitrogen and oxygen atoms in total. The van der Waals surface area contributed by atoms with Crippen LogP contribution in [0.2, 0.25) is 10.0 Å². The summed E-state index contributed by atoms with van der Waals surface area (Å²) in [6.45, 7) is 5.90. The number of amides is 2. The van der Waals surface area contributed by atoms with Crippen molar-refractivity contribution >= 4 is 50.7 Å². The molecule has 2 aromatic carbocycles. The molecule has 11 heteroatoms. The molecule has 0 aromatic heterocycles. The number of carbonyl (C=O) groups excluding carboxylic acids is 2. The van der Waals surface area contributed by atoms with E-state index in [1.807, 2.05) is 20.8 Å². The van der Waals surface area contributed by atoms with Gasteiger partial charge in [-0.1, -0.05) is 55.2 Å². The average molecular weight is 587 g/mol. The monoisotopic (exact) mass is 585 g/mol.